The molecule has 2 saturated heterocycles. The van der Waals surface area contributed by atoms with E-state index in [2.05, 4.69) is 95.9 Å². The largest absolute Gasteiger partial charge is 0.351 e. The van der Waals surface area contributed by atoms with Crippen LogP contribution in [0.15, 0.2) is 91.0 Å². The summed E-state index contributed by atoms with van der Waals surface area (Å²) in [6.45, 7) is 5.75. The second-order valence-electron chi connectivity index (χ2n) is 10.3. The molecule has 0 saturated carbocycles. The van der Waals surface area contributed by atoms with Crippen molar-refractivity contribution >= 4 is 5.78 Å². The van der Waals surface area contributed by atoms with Gasteiger partial charge >= 0.3 is 0 Å². The van der Waals surface area contributed by atoms with Crippen LogP contribution in [0.1, 0.15) is 43.4 Å². The van der Waals surface area contributed by atoms with E-state index >= 15 is 0 Å². The summed E-state index contributed by atoms with van der Waals surface area (Å²) in [6, 6.07) is 32.1. The van der Waals surface area contributed by atoms with Gasteiger partial charge in [-0.15, -0.1) is 0 Å². The molecule has 0 radical (unpaired) electrons. The molecule has 2 fully saturated rings. The number of carbonyl (C=O) groups excluding carboxylic acids is 1. The molecule has 5 rings (SSSR count). The Kier molecular flexibility index (Phi) is 8.99. The Morgan fingerprint density at radius 3 is 1.95 bits per heavy atom. The number of hydrogen-bond donors (Lipinski definition) is 0. The van der Waals surface area contributed by atoms with Crippen LogP contribution in [0.2, 0.25) is 0 Å². The van der Waals surface area contributed by atoms with Crippen molar-refractivity contribution < 1.29 is 19.2 Å². The van der Waals surface area contributed by atoms with Crippen LogP contribution in [-0.4, -0.2) is 47.0 Å². The van der Waals surface area contributed by atoms with Crippen LogP contribution in [0, 0.1) is 5.92 Å². The zero-order valence-corrected chi connectivity index (χ0v) is 22.3. The van der Waals surface area contributed by atoms with E-state index in [4.69, 9.17) is 14.4 Å². The van der Waals surface area contributed by atoms with Gasteiger partial charge in [0.25, 0.3) is 0 Å². The third-order valence-electron chi connectivity index (χ3n) is 7.65. The first-order valence-electron chi connectivity index (χ1n) is 13.7. The summed E-state index contributed by atoms with van der Waals surface area (Å²) >= 11 is 0. The molecule has 0 unspecified atom stereocenters. The number of benzene rings is 3. The molecule has 5 atom stereocenters. The molecule has 6 nitrogen and oxygen atoms in total. The minimum Gasteiger partial charge on any atom is -0.351 e. The molecule has 0 aliphatic carbocycles. The fourth-order valence-corrected chi connectivity index (χ4v) is 5.80. The Labute approximate surface area is 226 Å². The van der Waals surface area contributed by atoms with Gasteiger partial charge in [-0.1, -0.05) is 96.2 Å². The molecule has 3 aromatic rings. The number of hydroxylamine groups is 2. The number of rotatable bonds is 11. The number of fused-ring (bicyclic) bond motifs is 1. The Hall–Kier alpha value is -2.87. The predicted molar refractivity (Wildman–Crippen MR) is 146 cm³/mol. The molecule has 6 heteroatoms. The lowest BCUT2D eigenvalue weighted by atomic mass is 9.81. The van der Waals surface area contributed by atoms with Gasteiger partial charge in [-0.05, 0) is 37.0 Å². The number of hydrogen-bond acceptors (Lipinski definition) is 6. The van der Waals surface area contributed by atoms with Gasteiger partial charge in [-0.25, -0.2) is 4.84 Å². The molecule has 38 heavy (non-hydrogen) atoms. The molecule has 2 aliphatic heterocycles. The highest BCUT2D eigenvalue weighted by atomic mass is 17.0. The molecule has 0 N–H and O–H groups in total. The zero-order chi connectivity index (χ0) is 26.3. The molecule has 0 spiro atoms. The Morgan fingerprint density at radius 1 is 0.868 bits per heavy atom. The van der Waals surface area contributed by atoms with Crippen LogP contribution in [0.4, 0.5) is 0 Å². The smallest absolute Gasteiger partial charge is 0.180 e. The first-order valence-corrected chi connectivity index (χ1v) is 13.7. The van der Waals surface area contributed by atoms with E-state index in [9.17, 15) is 4.79 Å². The standard InChI is InChI=1S/C32H38N2O4/c1-3-36-32-20-28(30-21-31(24(2)35)37-34(30)38-32)29(19-25-13-7-4-8-14-25)33(22-26-15-9-5-10-16-26)23-27-17-11-6-12-18-27/h4-18,28-32H,3,19-23H2,1-2H3/t28-,29+,30-,31+,32+/m1/s1. The molecule has 2 aliphatic rings. The van der Waals surface area contributed by atoms with E-state index in [0.717, 1.165) is 25.9 Å². The normalized spacial score (nSPS) is 24.3. The summed E-state index contributed by atoms with van der Waals surface area (Å²) in [4.78, 5) is 27.0. The van der Waals surface area contributed by atoms with E-state index in [1.807, 2.05) is 6.92 Å². The molecular formula is C32H38N2O4. The summed E-state index contributed by atoms with van der Waals surface area (Å²) in [6.07, 6.45) is 1.33. The van der Waals surface area contributed by atoms with E-state index in [0.29, 0.717) is 13.0 Å². The SMILES string of the molecule is CCO[C@@H]1C[C@H]([C@H](Cc2ccccc2)N(Cc2ccccc2)Cc2ccccc2)[C@H]2C[C@@H](C(C)=O)ON2O1. The van der Waals surface area contributed by atoms with Gasteiger partial charge in [0, 0.05) is 44.5 Å². The van der Waals surface area contributed by atoms with Gasteiger partial charge in [-0.3, -0.25) is 14.5 Å². The van der Waals surface area contributed by atoms with Crippen molar-refractivity contribution in [2.45, 2.75) is 70.7 Å². The van der Waals surface area contributed by atoms with Gasteiger partial charge in [0.1, 0.15) is 6.10 Å². The summed E-state index contributed by atoms with van der Waals surface area (Å²) in [7, 11) is 0. The quantitative estimate of drug-likeness (QED) is 0.333. The highest BCUT2D eigenvalue weighted by molar-refractivity contribution is 5.80. The highest BCUT2D eigenvalue weighted by Crippen LogP contribution is 2.40. The summed E-state index contributed by atoms with van der Waals surface area (Å²) in [5.41, 5.74) is 3.84. The monoisotopic (exact) mass is 514 g/mol. The van der Waals surface area contributed by atoms with E-state index in [-0.39, 0.29) is 23.8 Å². The third kappa shape index (κ3) is 6.57. The van der Waals surface area contributed by atoms with Gasteiger partial charge in [-0.2, -0.15) is 0 Å². The maximum Gasteiger partial charge on any atom is 0.180 e. The van der Waals surface area contributed by atoms with Crippen LogP contribution in [-0.2, 0) is 38.7 Å². The second kappa shape index (κ2) is 12.8. The molecule has 0 aromatic heterocycles. The topological polar surface area (TPSA) is 51.2 Å². The summed E-state index contributed by atoms with van der Waals surface area (Å²) < 4.78 is 5.99. The number of nitrogens with zero attached hydrogens (tertiary/aromatic N) is 2. The molecule has 0 amide bonds. The van der Waals surface area contributed by atoms with Crippen molar-refractivity contribution in [1.29, 1.82) is 0 Å². The fraction of sp³-hybridized carbons (Fsp3) is 0.406. The van der Waals surface area contributed by atoms with E-state index in [1.165, 1.54) is 16.7 Å². The maximum atomic E-state index is 12.3. The Balaban J connectivity index is 1.53. The van der Waals surface area contributed by atoms with Crippen molar-refractivity contribution in [3.63, 3.8) is 0 Å². The number of carbonyl (C=O) groups is 1. The van der Waals surface area contributed by atoms with Crippen LogP contribution in [0.25, 0.3) is 0 Å². The number of ether oxygens (including phenoxy) is 1. The molecule has 0 bridgehead atoms. The Bertz CT molecular complexity index is 1100. The second-order valence-corrected chi connectivity index (χ2v) is 10.3. The lowest BCUT2D eigenvalue weighted by Gasteiger charge is -2.45. The average molecular weight is 515 g/mol. The molecular weight excluding hydrogens is 476 g/mol. The lowest BCUT2D eigenvalue weighted by molar-refractivity contribution is -0.441. The van der Waals surface area contributed by atoms with Crippen LogP contribution in [0.3, 0.4) is 0 Å². The summed E-state index contributed by atoms with van der Waals surface area (Å²) in [5.74, 6) is 0.192. The first kappa shape index (κ1) is 26.7. The van der Waals surface area contributed by atoms with Crippen molar-refractivity contribution in [1.82, 2.24) is 10.1 Å². The van der Waals surface area contributed by atoms with E-state index in [1.54, 1.807) is 12.2 Å². The zero-order valence-electron chi connectivity index (χ0n) is 22.3. The van der Waals surface area contributed by atoms with Gasteiger partial charge in [0.05, 0.1) is 6.04 Å². The van der Waals surface area contributed by atoms with Crippen molar-refractivity contribution in [3.05, 3.63) is 108 Å². The minimum absolute atomic E-state index is 0.0275. The van der Waals surface area contributed by atoms with Gasteiger partial charge in [0.15, 0.2) is 12.1 Å². The molecule has 3 aromatic carbocycles. The average Bonchev–Trinajstić information content (AvgIpc) is 3.38. The number of ketones is 1. The Morgan fingerprint density at radius 2 is 1.42 bits per heavy atom. The highest BCUT2D eigenvalue weighted by Gasteiger charge is 2.50. The summed E-state index contributed by atoms with van der Waals surface area (Å²) in [5, 5.41) is 1.59. The van der Waals surface area contributed by atoms with Gasteiger partial charge in [0.2, 0.25) is 0 Å². The third-order valence-corrected chi connectivity index (χ3v) is 7.65. The predicted octanol–water partition coefficient (Wildman–Crippen LogP) is 5.58. The van der Waals surface area contributed by atoms with Crippen LogP contribution in [0.5, 0.6) is 0 Å². The minimum atomic E-state index is -0.489. The van der Waals surface area contributed by atoms with Crippen molar-refractivity contribution in [2.75, 3.05) is 6.61 Å². The molecule has 200 valence electrons. The van der Waals surface area contributed by atoms with Gasteiger partial charge < -0.3 is 4.74 Å². The van der Waals surface area contributed by atoms with Crippen molar-refractivity contribution in [2.24, 2.45) is 5.92 Å². The van der Waals surface area contributed by atoms with Crippen molar-refractivity contribution in [3.8, 4) is 0 Å². The first-order chi connectivity index (χ1) is 18.6. The maximum absolute atomic E-state index is 12.3. The van der Waals surface area contributed by atoms with Crippen LogP contribution >= 0.6 is 0 Å². The number of Topliss-reactive ketones (excluding diaryl/α,β-unsaturated/α-hetero) is 1. The lowest BCUT2D eigenvalue weighted by Crippen LogP contribution is -2.54. The fourth-order valence-electron chi connectivity index (χ4n) is 5.80. The van der Waals surface area contributed by atoms with E-state index < -0.39 is 12.4 Å². The molecule has 2 heterocycles. The van der Waals surface area contributed by atoms with Crippen LogP contribution < -0.4 is 0 Å².